The maximum absolute atomic E-state index is 6.06. The number of benzene rings is 3. The van der Waals surface area contributed by atoms with E-state index in [9.17, 15) is 0 Å². The molecular formula is C27H24ClN7S. The highest BCUT2D eigenvalue weighted by Gasteiger charge is 2.11. The Morgan fingerprint density at radius 2 is 1.61 bits per heavy atom. The number of anilines is 3. The zero-order valence-corrected chi connectivity index (χ0v) is 21.1. The van der Waals surface area contributed by atoms with E-state index >= 15 is 0 Å². The normalized spacial score (nSPS) is 10.9. The number of hydrogen-bond donors (Lipinski definition) is 3. The molecule has 2 aromatic heterocycles. The molecule has 0 unspecified atom stereocenters. The molecule has 3 aromatic carbocycles. The van der Waals surface area contributed by atoms with E-state index in [-0.39, 0.29) is 0 Å². The predicted molar refractivity (Wildman–Crippen MR) is 148 cm³/mol. The number of fused-ring (bicyclic) bond motifs is 1. The van der Waals surface area contributed by atoms with Crippen LogP contribution in [0.2, 0.25) is 5.02 Å². The van der Waals surface area contributed by atoms with Gasteiger partial charge in [-0.2, -0.15) is 0 Å². The molecule has 0 radical (unpaired) electrons. The molecule has 0 aliphatic carbocycles. The van der Waals surface area contributed by atoms with Crippen LogP contribution in [-0.4, -0.2) is 40.3 Å². The van der Waals surface area contributed by atoms with Gasteiger partial charge in [0.2, 0.25) is 5.95 Å². The van der Waals surface area contributed by atoms with E-state index in [0.717, 1.165) is 50.7 Å². The van der Waals surface area contributed by atoms with Gasteiger partial charge in [-0.1, -0.05) is 59.8 Å². The zero-order chi connectivity index (χ0) is 24.7. The first kappa shape index (κ1) is 24.0. The second-order valence-electron chi connectivity index (χ2n) is 7.95. The molecule has 0 fully saturated rings. The van der Waals surface area contributed by atoms with Crippen molar-refractivity contribution in [2.45, 2.75) is 9.92 Å². The summed E-state index contributed by atoms with van der Waals surface area (Å²) in [7, 11) is 1.92. The fraction of sp³-hybridized carbons (Fsp3) is 0.111. The fourth-order valence-electron chi connectivity index (χ4n) is 3.66. The molecule has 36 heavy (non-hydrogen) atoms. The van der Waals surface area contributed by atoms with Gasteiger partial charge in [-0.3, -0.25) is 0 Å². The zero-order valence-electron chi connectivity index (χ0n) is 19.6. The van der Waals surface area contributed by atoms with Crippen LogP contribution >= 0.6 is 23.4 Å². The van der Waals surface area contributed by atoms with Crippen molar-refractivity contribution >= 4 is 51.6 Å². The van der Waals surface area contributed by atoms with Crippen molar-refractivity contribution in [2.75, 3.05) is 30.8 Å². The Morgan fingerprint density at radius 3 is 2.39 bits per heavy atom. The van der Waals surface area contributed by atoms with Gasteiger partial charge in [0.25, 0.3) is 0 Å². The maximum atomic E-state index is 6.06. The van der Waals surface area contributed by atoms with Crippen LogP contribution in [0.4, 0.5) is 17.5 Å². The Kier molecular flexibility index (Phi) is 7.56. The number of aromatic nitrogens is 4. The molecule has 2 heterocycles. The van der Waals surface area contributed by atoms with Crippen molar-refractivity contribution < 1.29 is 0 Å². The molecule has 0 atom stereocenters. The second-order valence-corrected chi connectivity index (χ2v) is 9.48. The quantitative estimate of drug-likeness (QED) is 0.157. The minimum atomic E-state index is 0.626. The summed E-state index contributed by atoms with van der Waals surface area (Å²) in [5.74, 6) is 1.33. The van der Waals surface area contributed by atoms with Gasteiger partial charge in [0.05, 0.1) is 0 Å². The van der Waals surface area contributed by atoms with E-state index in [1.54, 1.807) is 18.0 Å². The summed E-state index contributed by atoms with van der Waals surface area (Å²) in [5, 5.41) is 22.3. The molecule has 0 aliphatic heterocycles. The number of nitrogens with zero attached hydrogens (tertiary/aromatic N) is 4. The molecule has 0 saturated carbocycles. The number of likely N-dealkylation sites (N-methyl/N-ethyl adjacent to an activating group) is 1. The standard InChI is InChI=1S/C27H24ClN7S/c1-29-16-17-31-27-30-15-14-24(33-27)36-21-12-10-20(11-13-21)32-26-23-5-3-2-4-22(23)25(34-35-26)18-6-8-19(28)9-7-18/h2-15,29H,16-17H2,1H3,(H,32,35)(H,30,31,33). The topological polar surface area (TPSA) is 87.7 Å². The van der Waals surface area contributed by atoms with Crippen LogP contribution in [0.5, 0.6) is 0 Å². The average Bonchev–Trinajstić information content (AvgIpc) is 2.91. The van der Waals surface area contributed by atoms with Crippen LogP contribution in [0.1, 0.15) is 0 Å². The van der Waals surface area contributed by atoms with Gasteiger partial charge in [-0.05, 0) is 49.5 Å². The highest BCUT2D eigenvalue weighted by Crippen LogP contribution is 2.32. The molecule has 0 amide bonds. The molecule has 180 valence electrons. The van der Waals surface area contributed by atoms with Gasteiger partial charge in [0.15, 0.2) is 5.82 Å². The third-order valence-corrected chi connectivity index (χ3v) is 6.63. The van der Waals surface area contributed by atoms with Crippen LogP contribution in [0, 0.1) is 0 Å². The fourth-order valence-corrected chi connectivity index (χ4v) is 4.57. The van der Waals surface area contributed by atoms with Gasteiger partial charge < -0.3 is 16.0 Å². The minimum Gasteiger partial charge on any atom is -0.353 e. The molecular weight excluding hydrogens is 490 g/mol. The smallest absolute Gasteiger partial charge is 0.223 e. The number of hydrogen-bond acceptors (Lipinski definition) is 8. The molecule has 3 N–H and O–H groups in total. The van der Waals surface area contributed by atoms with Gasteiger partial charge in [-0.15, -0.1) is 10.2 Å². The van der Waals surface area contributed by atoms with E-state index in [4.69, 9.17) is 11.6 Å². The first-order valence-corrected chi connectivity index (χ1v) is 12.7. The van der Waals surface area contributed by atoms with Crippen LogP contribution < -0.4 is 16.0 Å². The maximum Gasteiger partial charge on any atom is 0.223 e. The Hall–Kier alpha value is -3.72. The average molecular weight is 514 g/mol. The summed E-state index contributed by atoms with van der Waals surface area (Å²) in [6.45, 7) is 1.61. The minimum absolute atomic E-state index is 0.626. The molecule has 0 bridgehead atoms. The van der Waals surface area contributed by atoms with Crippen LogP contribution in [0.3, 0.4) is 0 Å². The third-order valence-electron chi connectivity index (χ3n) is 5.43. The Labute approximate surface area is 218 Å². The third kappa shape index (κ3) is 5.73. The Bertz CT molecular complexity index is 1460. The second kappa shape index (κ2) is 11.3. The van der Waals surface area contributed by atoms with Crippen molar-refractivity contribution in [3.8, 4) is 11.3 Å². The van der Waals surface area contributed by atoms with E-state index in [1.807, 2.05) is 67.7 Å². The highest BCUT2D eigenvalue weighted by molar-refractivity contribution is 7.99. The predicted octanol–water partition coefficient (Wildman–Crippen LogP) is 6.27. The van der Waals surface area contributed by atoms with Gasteiger partial charge >= 0.3 is 0 Å². The van der Waals surface area contributed by atoms with E-state index in [2.05, 4.69) is 54.3 Å². The molecule has 9 heteroatoms. The summed E-state index contributed by atoms with van der Waals surface area (Å²) in [6.07, 6.45) is 1.77. The van der Waals surface area contributed by atoms with Crippen LogP contribution in [0.25, 0.3) is 22.0 Å². The van der Waals surface area contributed by atoms with E-state index < -0.39 is 0 Å². The summed E-state index contributed by atoms with van der Waals surface area (Å²) in [6, 6.07) is 25.8. The summed E-state index contributed by atoms with van der Waals surface area (Å²) < 4.78 is 0. The summed E-state index contributed by atoms with van der Waals surface area (Å²) in [5.41, 5.74) is 2.72. The largest absolute Gasteiger partial charge is 0.353 e. The van der Waals surface area contributed by atoms with Crippen molar-refractivity contribution in [1.29, 1.82) is 0 Å². The summed E-state index contributed by atoms with van der Waals surface area (Å²) >= 11 is 7.65. The molecule has 7 nitrogen and oxygen atoms in total. The first-order valence-electron chi connectivity index (χ1n) is 11.5. The van der Waals surface area contributed by atoms with Gasteiger partial charge in [0, 0.05) is 51.2 Å². The lowest BCUT2D eigenvalue weighted by molar-refractivity contribution is 0.815. The molecule has 0 aliphatic rings. The SMILES string of the molecule is CNCCNc1nccc(Sc2ccc(Nc3nnc(-c4ccc(Cl)cc4)c4ccccc34)cc2)n1. The first-order chi connectivity index (χ1) is 17.7. The van der Waals surface area contributed by atoms with Crippen LogP contribution in [0.15, 0.2) is 95.0 Å². The molecule has 5 rings (SSSR count). The molecule has 5 aromatic rings. The van der Waals surface area contributed by atoms with Crippen molar-refractivity contribution in [3.63, 3.8) is 0 Å². The lowest BCUT2D eigenvalue weighted by Crippen LogP contribution is -2.18. The number of rotatable bonds is 9. The summed E-state index contributed by atoms with van der Waals surface area (Å²) in [4.78, 5) is 9.93. The molecule has 0 saturated heterocycles. The van der Waals surface area contributed by atoms with Crippen LogP contribution in [-0.2, 0) is 0 Å². The number of halogens is 1. The monoisotopic (exact) mass is 513 g/mol. The van der Waals surface area contributed by atoms with E-state index in [1.165, 1.54) is 0 Å². The van der Waals surface area contributed by atoms with Crippen molar-refractivity contribution in [2.24, 2.45) is 0 Å². The Morgan fingerprint density at radius 1 is 0.833 bits per heavy atom. The lowest BCUT2D eigenvalue weighted by Gasteiger charge is -2.12. The van der Waals surface area contributed by atoms with E-state index in [0.29, 0.717) is 16.8 Å². The van der Waals surface area contributed by atoms with Crippen molar-refractivity contribution in [3.05, 3.63) is 90.1 Å². The Balaban J connectivity index is 1.33. The molecule has 0 spiro atoms. The van der Waals surface area contributed by atoms with Gasteiger partial charge in [-0.25, -0.2) is 9.97 Å². The highest BCUT2D eigenvalue weighted by atomic mass is 35.5. The number of nitrogens with one attached hydrogen (secondary N) is 3. The van der Waals surface area contributed by atoms with Gasteiger partial charge in [0.1, 0.15) is 10.7 Å². The lowest BCUT2D eigenvalue weighted by atomic mass is 10.0. The van der Waals surface area contributed by atoms with Crippen molar-refractivity contribution in [1.82, 2.24) is 25.5 Å².